The van der Waals surface area contributed by atoms with Crippen LogP contribution in [-0.4, -0.2) is 24.9 Å². The Labute approximate surface area is 157 Å². The molecular formula is C17H16BrN5OS. The van der Waals surface area contributed by atoms with E-state index in [4.69, 9.17) is 4.52 Å². The minimum atomic E-state index is 0.549. The number of nitrogens with zero attached hydrogens (tertiary/aromatic N) is 5. The van der Waals surface area contributed by atoms with E-state index in [0.29, 0.717) is 29.9 Å². The standard InChI is InChI=1S/C17H16BrN5OS/c1-2-8-23-16(11-6-7-11)20-21-17(23)25-10-14-19-15(22-24-14)12-4-3-5-13(18)9-12/h2-5,9,11H,1,6-8,10H2. The van der Waals surface area contributed by atoms with Gasteiger partial charge in [-0.1, -0.05) is 51.1 Å². The highest BCUT2D eigenvalue weighted by atomic mass is 79.9. The molecule has 0 bridgehead atoms. The van der Waals surface area contributed by atoms with Crippen LogP contribution in [0.3, 0.4) is 0 Å². The van der Waals surface area contributed by atoms with Crippen LogP contribution in [0.4, 0.5) is 0 Å². The normalized spacial score (nSPS) is 14.0. The van der Waals surface area contributed by atoms with Crippen molar-refractivity contribution in [2.75, 3.05) is 0 Å². The fourth-order valence-corrected chi connectivity index (χ4v) is 3.73. The van der Waals surface area contributed by atoms with Crippen molar-refractivity contribution in [3.05, 3.63) is 53.1 Å². The van der Waals surface area contributed by atoms with E-state index in [1.165, 1.54) is 12.8 Å². The summed E-state index contributed by atoms with van der Waals surface area (Å²) in [6, 6.07) is 7.82. The Kier molecular flexibility index (Phi) is 4.72. The van der Waals surface area contributed by atoms with Gasteiger partial charge in [0.2, 0.25) is 11.7 Å². The Balaban J connectivity index is 1.48. The summed E-state index contributed by atoms with van der Waals surface area (Å²) in [5, 5.41) is 13.6. The quantitative estimate of drug-likeness (QED) is 0.417. The first-order chi connectivity index (χ1) is 12.2. The number of hydrogen-bond donors (Lipinski definition) is 0. The van der Waals surface area contributed by atoms with Crippen molar-refractivity contribution in [2.45, 2.75) is 36.2 Å². The lowest BCUT2D eigenvalue weighted by Gasteiger charge is -2.05. The minimum Gasteiger partial charge on any atom is -0.338 e. The molecule has 1 aliphatic rings. The molecule has 0 atom stereocenters. The summed E-state index contributed by atoms with van der Waals surface area (Å²) < 4.78 is 8.48. The lowest BCUT2D eigenvalue weighted by atomic mass is 10.2. The van der Waals surface area contributed by atoms with Crippen LogP contribution in [0.15, 0.2) is 51.1 Å². The molecule has 1 aromatic carbocycles. The fourth-order valence-electron chi connectivity index (χ4n) is 2.54. The largest absolute Gasteiger partial charge is 0.338 e. The van der Waals surface area contributed by atoms with Crippen LogP contribution < -0.4 is 0 Å². The van der Waals surface area contributed by atoms with Crippen molar-refractivity contribution in [2.24, 2.45) is 0 Å². The Morgan fingerprint density at radius 2 is 2.24 bits per heavy atom. The number of hydrogen-bond acceptors (Lipinski definition) is 6. The van der Waals surface area contributed by atoms with Crippen molar-refractivity contribution in [1.82, 2.24) is 24.9 Å². The molecular weight excluding hydrogens is 402 g/mol. The van der Waals surface area contributed by atoms with Crippen molar-refractivity contribution >= 4 is 27.7 Å². The average molecular weight is 418 g/mol. The first-order valence-electron chi connectivity index (χ1n) is 8.00. The zero-order chi connectivity index (χ0) is 17.2. The molecule has 1 saturated carbocycles. The average Bonchev–Trinajstić information content (AvgIpc) is 3.20. The van der Waals surface area contributed by atoms with E-state index in [0.717, 1.165) is 21.0 Å². The van der Waals surface area contributed by atoms with E-state index in [2.05, 4.69) is 47.4 Å². The molecule has 4 rings (SSSR count). The molecule has 1 fully saturated rings. The molecule has 25 heavy (non-hydrogen) atoms. The van der Waals surface area contributed by atoms with E-state index in [-0.39, 0.29) is 0 Å². The summed E-state index contributed by atoms with van der Waals surface area (Å²) in [5.41, 5.74) is 0.917. The molecule has 6 nitrogen and oxygen atoms in total. The van der Waals surface area contributed by atoms with Crippen LogP contribution in [0.25, 0.3) is 11.4 Å². The maximum Gasteiger partial charge on any atom is 0.237 e. The predicted octanol–water partition coefficient (Wildman–Crippen LogP) is 4.45. The van der Waals surface area contributed by atoms with Gasteiger partial charge in [0.25, 0.3) is 0 Å². The Morgan fingerprint density at radius 1 is 1.36 bits per heavy atom. The molecule has 2 heterocycles. The summed E-state index contributed by atoms with van der Waals surface area (Å²) in [4.78, 5) is 4.47. The van der Waals surface area contributed by atoms with Gasteiger partial charge in [-0.3, -0.25) is 0 Å². The molecule has 0 unspecified atom stereocenters. The molecule has 1 aliphatic carbocycles. The fraction of sp³-hybridized carbons (Fsp3) is 0.294. The first kappa shape index (κ1) is 16.5. The summed E-state index contributed by atoms with van der Waals surface area (Å²) in [6.07, 6.45) is 4.26. The van der Waals surface area contributed by atoms with Crippen molar-refractivity contribution < 1.29 is 4.52 Å². The summed E-state index contributed by atoms with van der Waals surface area (Å²) in [7, 11) is 0. The van der Waals surface area contributed by atoms with Crippen molar-refractivity contribution in [1.29, 1.82) is 0 Å². The zero-order valence-corrected chi connectivity index (χ0v) is 15.8. The van der Waals surface area contributed by atoms with E-state index in [9.17, 15) is 0 Å². The monoisotopic (exact) mass is 417 g/mol. The second-order valence-corrected chi connectivity index (χ2v) is 7.68. The number of rotatable bonds is 7. The SMILES string of the molecule is C=CCn1c(SCc2nc(-c3cccc(Br)c3)no2)nnc1C1CC1. The van der Waals surface area contributed by atoms with E-state index in [1.807, 2.05) is 30.3 Å². The highest BCUT2D eigenvalue weighted by Gasteiger charge is 2.30. The third-order valence-electron chi connectivity index (χ3n) is 3.88. The molecule has 8 heteroatoms. The molecule has 3 aromatic rings. The van der Waals surface area contributed by atoms with E-state index in [1.54, 1.807) is 11.8 Å². The van der Waals surface area contributed by atoms with Crippen molar-refractivity contribution in [3.63, 3.8) is 0 Å². The van der Waals surface area contributed by atoms with Gasteiger partial charge in [0.15, 0.2) is 5.16 Å². The second-order valence-electron chi connectivity index (χ2n) is 5.83. The maximum atomic E-state index is 5.37. The molecule has 128 valence electrons. The Hall–Kier alpha value is -1.93. The van der Waals surface area contributed by atoms with Gasteiger partial charge in [-0.2, -0.15) is 4.98 Å². The van der Waals surface area contributed by atoms with E-state index < -0.39 is 0 Å². The van der Waals surface area contributed by atoms with Crippen LogP contribution in [0.2, 0.25) is 0 Å². The lowest BCUT2D eigenvalue weighted by molar-refractivity contribution is 0.391. The Morgan fingerprint density at radius 3 is 3.00 bits per heavy atom. The van der Waals surface area contributed by atoms with Crippen LogP contribution in [-0.2, 0) is 12.3 Å². The number of allylic oxidation sites excluding steroid dienone is 1. The van der Waals surface area contributed by atoms with Crippen LogP contribution >= 0.6 is 27.7 Å². The van der Waals surface area contributed by atoms with Gasteiger partial charge in [-0.15, -0.1) is 16.8 Å². The third kappa shape index (κ3) is 3.69. The number of aromatic nitrogens is 5. The minimum absolute atomic E-state index is 0.549. The molecule has 0 radical (unpaired) electrons. The highest BCUT2D eigenvalue weighted by molar-refractivity contribution is 9.10. The molecule has 2 aromatic heterocycles. The van der Waals surface area contributed by atoms with Gasteiger partial charge < -0.3 is 9.09 Å². The summed E-state index contributed by atoms with van der Waals surface area (Å²) >= 11 is 5.01. The van der Waals surface area contributed by atoms with Crippen LogP contribution in [0.5, 0.6) is 0 Å². The third-order valence-corrected chi connectivity index (χ3v) is 5.32. The van der Waals surface area contributed by atoms with Crippen LogP contribution in [0, 0.1) is 0 Å². The topological polar surface area (TPSA) is 69.6 Å². The number of benzene rings is 1. The predicted molar refractivity (Wildman–Crippen MR) is 99.2 cm³/mol. The van der Waals surface area contributed by atoms with Gasteiger partial charge in [0.05, 0.1) is 5.75 Å². The molecule has 0 aliphatic heterocycles. The Bertz CT molecular complexity index is 902. The molecule has 0 spiro atoms. The van der Waals surface area contributed by atoms with Crippen molar-refractivity contribution in [3.8, 4) is 11.4 Å². The second kappa shape index (κ2) is 7.13. The van der Waals surface area contributed by atoms with Gasteiger partial charge in [-0.25, -0.2) is 0 Å². The first-order valence-corrected chi connectivity index (χ1v) is 9.78. The molecule has 0 amide bonds. The summed E-state index contributed by atoms with van der Waals surface area (Å²) in [5.74, 6) is 3.32. The smallest absolute Gasteiger partial charge is 0.237 e. The maximum absolute atomic E-state index is 5.37. The van der Waals surface area contributed by atoms with E-state index >= 15 is 0 Å². The highest BCUT2D eigenvalue weighted by Crippen LogP contribution is 2.40. The zero-order valence-electron chi connectivity index (χ0n) is 13.4. The van der Waals surface area contributed by atoms with Gasteiger partial charge in [0, 0.05) is 22.5 Å². The summed E-state index contributed by atoms with van der Waals surface area (Å²) in [6.45, 7) is 4.55. The van der Waals surface area contributed by atoms with Crippen LogP contribution in [0.1, 0.15) is 30.5 Å². The van der Waals surface area contributed by atoms with Gasteiger partial charge >= 0.3 is 0 Å². The lowest BCUT2D eigenvalue weighted by Crippen LogP contribution is -2.02. The number of halogens is 1. The molecule has 0 N–H and O–H groups in total. The van der Waals surface area contributed by atoms with Gasteiger partial charge in [-0.05, 0) is 25.0 Å². The number of thioether (sulfide) groups is 1. The van der Waals surface area contributed by atoms with Gasteiger partial charge in [0.1, 0.15) is 5.82 Å². The molecule has 0 saturated heterocycles.